The summed E-state index contributed by atoms with van der Waals surface area (Å²) in [6.07, 6.45) is 1.10. The van der Waals surface area contributed by atoms with Crippen LogP contribution in [0.3, 0.4) is 0 Å². The lowest BCUT2D eigenvalue weighted by atomic mass is 9.86. The van der Waals surface area contributed by atoms with E-state index in [1.54, 1.807) is 11.0 Å². The molecule has 6 heteroatoms. The van der Waals surface area contributed by atoms with Gasteiger partial charge in [0.1, 0.15) is 0 Å². The summed E-state index contributed by atoms with van der Waals surface area (Å²) in [6, 6.07) is 10.5. The number of halogens is 2. The number of rotatable bonds is 1. The molecule has 3 heterocycles. The maximum absolute atomic E-state index is 11.5. The number of amides is 1. The first-order valence-electron chi connectivity index (χ1n) is 8.89. The van der Waals surface area contributed by atoms with Gasteiger partial charge >= 0.3 is 6.09 Å². The Labute approximate surface area is 161 Å². The zero-order valence-corrected chi connectivity index (χ0v) is 15.6. The van der Waals surface area contributed by atoms with E-state index in [4.69, 9.17) is 23.2 Å². The SMILES string of the molecule is O=C(O)N1CC[C@@H]2[C@H](C1)c1cc(-c3ccc(Cl)cc3Cl)cc3c1N2CC3. The Morgan fingerprint density at radius 3 is 2.77 bits per heavy atom. The van der Waals surface area contributed by atoms with Crippen molar-refractivity contribution in [2.24, 2.45) is 0 Å². The van der Waals surface area contributed by atoms with E-state index >= 15 is 0 Å². The molecule has 2 atom stereocenters. The number of piperidine rings is 1. The second kappa shape index (κ2) is 5.80. The van der Waals surface area contributed by atoms with Crippen LogP contribution < -0.4 is 4.90 Å². The average molecular weight is 389 g/mol. The van der Waals surface area contributed by atoms with Gasteiger partial charge < -0.3 is 14.9 Å². The number of carboxylic acid groups (broad SMARTS) is 1. The Balaban J connectivity index is 1.62. The van der Waals surface area contributed by atoms with Crippen molar-refractivity contribution in [3.63, 3.8) is 0 Å². The zero-order chi connectivity index (χ0) is 18.0. The smallest absolute Gasteiger partial charge is 0.407 e. The van der Waals surface area contributed by atoms with Crippen LogP contribution in [-0.4, -0.2) is 41.8 Å². The van der Waals surface area contributed by atoms with Crippen LogP contribution in [0.1, 0.15) is 23.5 Å². The minimum absolute atomic E-state index is 0.236. The number of hydrogen-bond donors (Lipinski definition) is 1. The zero-order valence-electron chi connectivity index (χ0n) is 14.1. The Morgan fingerprint density at radius 1 is 1.15 bits per heavy atom. The van der Waals surface area contributed by atoms with E-state index in [0.717, 1.165) is 30.5 Å². The second-order valence-corrected chi connectivity index (χ2v) is 8.18. The quantitative estimate of drug-likeness (QED) is 0.757. The molecular formula is C20H18Cl2N2O2. The van der Waals surface area contributed by atoms with Gasteiger partial charge in [-0.1, -0.05) is 29.3 Å². The molecule has 0 bridgehead atoms. The first kappa shape index (κ1) is 16.3. The summed E-state index contributed by atoms with van der Waals surface area (Å²) in [4.78, 5) is 15.5. The summed E-state index contributed by atoms with van der Waals surface area (Å²) in [5, 5.41) is 10.7. The lowest BCUT2D eigenvalue weighted by Gasteiger charge is -2.37. The molecule has 0 saturated carbocycles. The Morgan fingerprint density at radius 2 is 2.00 bits per heavy atom. The second-order valence-electron chi connectivity index (χ2n) is 7.33. The normalized spacial score (nSPS) is 23.2. The summed E-state index contributed by atoms with van der Waals surface area (Å²) in [6.45, 7) is 2.21. The van der Waals surface area contributed by atoms with Crippen molar-refractivity contribution in [3.8, 4) is 11.1 Å². The average Bonchev–Trinajstić information content (AvgIpc) is 3.17. The Kier molecular flexibility index (Phi) is 3.63. The number of likely N-dealkylation sites (tertiary alicyclic amines) is 1. The maximum atomic E-state index is 11.5. The number of anilines is 1. The standard InChI is InChI=1S/C20H18Cl2N2O2/c21-13-1-2-14(17(22)9-13)12-7-11-3-6-24-18-4-5-23(20(25)26)10-16(18)15(8-12)19(11)24/h1-2,7-9,16,18H,3-6,10H2,(H,25,26)/t16-,18-/m1/s1. The van der Waals surface area contributed by atoms with Crippen LogP contribution in [0.15, 0.2) is 30.3 Å². The molecule has 26 heavy (non-hydrogen) atoms. The van der Waals surface area contributed by atoms with Crippen molar-refractivity contribution >= 4 is 35.0 Å². The molecule has 134 valence electrons. The Bertz CT molecular complexity index is 930. The van der Waals surface area contributed by atoms with Gasteiger partial charge in [-0.2, -0.15) is 0 Å². The fourth-order valence-corrected chi connectivity index (χ4v) is 5.42. The predicted molar refractivity (Wildman–Crippen MR) is 104 cm³/mol. The van der Waals surface area contributed by atoms with Crippen molar-refractivity contribution in [2.75, 3.05) is 24.5 Å². The third-order valence-electron chi connectivity index (χ3n) is 6.02. The Hall–Kier alpha value is -1.91. The number of carbonyl (C=O) groups is 1. The molecule has 2 aromatic carbocycles. The third kappa shape index (κ3) is 2.32. The molecule has 0 aromatic heterocycles. The van der Waals surface area contributed by atoms with Gasteiger partial charge in [0.15, 0.2) is 0 Å². The van der Waals surface area contributed by atoms with Crippen molar-refractivity contribution in [2.45, 2.75) is 24.8 Å². The molecule has 0 radical (unpaired) electrons. The van der Waals surface area contributed by atoms with Crippen molar-refractivity contribution < 1.29 is 9.90 Å². The molecule has 1 fully saturated rings. The lowest BCUT2D eigenvalue weighted by molar-refractivity contribution is 0.127. The molecular weight excluding hydrogens is 371 g/mol. The largest absolute Gasteiger partial charge is 0.465 e. The van der Waals surface area contributed by atoms with Gasteiger partial charge in [-0.3, -0.25) is 0 Å². The number of fused-ring (bicyclic) bond motifs is 3. The highest BCUT2D eigenvalue weighted by atomic mass is 35.5. The molecule has 1 saturated heterocycles. The topological polar surface area (TPSA) is 43.8 Å². The van der Waals surface area contributed by atoms with E-state index in [9.17, 15) is 9.90 Å². The van der Waals surface area contributed by atoms with Crippen molar-refractivity contribution in [1.29, 1.82) is 0 Å². The van der Waals surface area contributed by atoms with E-state index in [1.807, 2.05) is 12.1 Å². The summed E-state index contributed by atoms with van der Waals surface area (Å²) < 4.78 is 0. The van der Waals surface area contributed by atoms with Gasteiger partial charge in [0, 0.05) is 52.9 Å². The van der Waals surface area contributed by atoms with E-state index in [0.29, 0.717) is 29.2 Å². The fourth-order valence-electron chi connectivity index (χ4n) is 4.90. The fraction of sp³-hybridized carbons (Fsp3) is 0.350. The van der Waals surface area contributed by atoms with Crippen LogP contribution in [0.25, 0.3) is 11.1 Å². The third-order valence-corrected chi connectivity index (χ3v) is 6.56. The van der Waals surface area contributed by atoms with Gasteiger partial charge in [0.05, 0.1) is 0 Å². The summed E-state index contributed by atoms with van der Waals surface area (Å²) in [5.74, 6) is 0.236. The maximum Gasteiger partial charge on any atom is 0.407 e. The number of benzene rings is 2. The molecule has 3 aliphatic rings. The monoisotopic (exact) mass is 388 g/mol. The first-order chi connectivity index (χ1) is 12.5. The highest BCUT2D eigenvalue weighted by molar-refractivity contribution is 6.36. The molecule has 2 aromatic rings. The number of nitrogens with zero attached hydrogens (tertiary/aromatic N) is 2. The molecule has 3 aliphatic heterocycles. The summed E-state index contributed by atoms with van der Waals surface area (Å²) in [7, 11) is 0. The van der Waals surface area contributed by atoms with Crippen molar-refractivity contribution in [1.82, 2.24) is 4.90 Å². The molecule has 1 N–H and O–H groups in total. The van der Waals surface area contributed by atoms with Crippen LogP contribution in [0.4, 0.5) is 10.5 Å². The minimum Gasteiger partial charge on any atom is -0.465 e. The minimum atomic E-state index is -0.822. The lowest BCUT2D eigenvalue weighted by Crippen LogP contribution is -2.47. The van der Waals surface area contributed by atoms with Gasteiger partial charge in [-0.15, -0.1) is 0 Å². The highest BCUT2D eigenvalue weighted by Gasteiger charge is 2.45. The summed E-state index contributed by atoms with van der Waals surface area (Å²) >= 11 is 12.5. The van der Waals surface area contributed by atoms with E-state index in [2.05, 4.69) is 17.0 Å². The van der Waals surface area contributed by atoms with E-state index < -0.39 is 6.09 Å². The van der Waals surface area contributed by atoms with Gasteiger partial charge in [0.2, 0.25) is 0 Å². The van der Waals surface area contributed by atoms with Gasteiger partial charge in [0.25, 0.3) is 0 Å². The van der Waals surface area contributed by atoms with Gasteiger partial charge in [-0.05, 0) is 53.8 Å². The molecule has 0 aliphatic carbocycles. The van der Waals surface area contributed by atoms with Crippen molar-refractivity contribution in [3.05, 3.63) is 51.5 Å². The summed E-state index contributed by atoms with van der Waals surface area (Å²) in [5.41, 5.74) is 6.02. The van der Waals surface area contributed by atoms with E-state index in [-0.39, 0.29) is 5.92 Å². The molecule has 0 spiro atoms. The molecule has 4 nitrogen and oxygen atoms in total. The van der Waals surface area contributed by atoms with Crippen LogP contribution in [0.5, 0.6) is 0 Å². The number of hydrogen-bond acceptors (Lipinski definition) is 2. The molecule has 5 rings (SSSR count). The molecule has 1 amide bonds. The molecule has 0 unspecified atom stereocenters. The van der Waals surface area contributed by atoms with Crippen LogP contribution in [0, 0.1) is 0 Å². The first-order valence-corrected chi connectivity index (χ1v) is 9.65. The predicted octanol–water partition coefficient (Wildman–Crippen LogP) is 4.87. The van der Waals surface area contributed by atoms with Crippen LogP contribution in [-0.2, 0) is 6.42 Å². The van der Waals surface area contributed by atoms with Crippen LogP contribution in [0.2, 0.25) is 10.0 Å². The highest BCUT2D eigenvalue weighted by Crippen LogP contribution is 2.51. The van der Waals surface area contributed by atoms with E-state index in [1.165, 1.54) is 16.8 Å². The van der Waals surface area contributed by atoms with Crippen LogP contribution >= 0.6 is 23.2 Å². The van der Waals surface area contributed by atoms with Gasteiger partial charge in [-0.25, -0.2) is 4.79 Å².